The smallest absolute Gasteiger partial charge is 0.147 e. The quantitative estimate of drug-likeness (QED) is 0.455. The number of hydrogen-bond donors (Lipinski definition) is 1. The Labute approximate surface area is 197 Å². The van der Waals surface area contributed by atoms with Crippen LogP contribution in [0, 0.1) is 0 Å². The number of thiophene rings is 1. The van der Waals surface area contributed by atoms with E-state index in [4.69, 9.17) is 14.7 Å². The zero-order valence-corrected chi connectivity index (χ0v) is 19.9. The number of nitrogens with one attached hydrogen (secondary N) is 1. The summed E-state index contributed by atoms with van der Waals surface area (Å²) in [6.07, 6.45) is 9.93. The van der Waals surface area contributed by atoms with Gasteiger partial charge in [-0.2, -0.15) is 0 Å². The van der Waals surface area contributed by atoms with Crippen LogP contribution in [0.25, 0.3) is 20.4 Å². The van der Waals surface area contributed by atoms with Gasteiger partial charge in [-0.05, 0) is 50.3 Å². The second-order valence-electron chi connectivity index (χ2n) is 9.56. The summed E-state index contributed by atoms with van der Waals surface area (Å²) in [5.74, 6) is 1.96. The number of ether oxygens (including phenoxy) is 1. The molecular formula is C25H28N6OS. The Hall–Kier alpha value is -2.84. The third kappa shape index (κ3) is 3.81. The lowest BCUT2D eigenvalue weighted by atomic mass is 9.90. The fraction of sp³-hybridized carbons (Fsp3) is 0.440. The number of aromatic nitrogens is 4. The molecule has 0 saturated carbocycles. The Kier molecular flexibility index (Phi) is 5.14. The first kappa shape index (κ1) is 20.7. The van der Waals surface area contributed by atoms with Gasteiger partial charge in [0.1, 0.15) is 22.8 Å². The summed E-state index contributed by atoms with van der Waals surface area (Å²) in [5, 5.41) is 4.67. The van der Waals surface area contributed by atoms with E-state index < -0.39 is 0 Å². The summed E-state index contributed by atoms with van der Waals surface area (Å²) in [6, 6.07) is 4.02. The fourth-order valence-electron chi connectivity index (χ4n) is 4.97. The molecule has 4 aromatic rings. The zero-order valence-electron chi connectivity index (χ0n) is 19.1. The van der Waals surface area contributed by atoms with E-state index in [1.807, 2.05) is 12.3 Å². The SMILES string of the molecule is CC1(C)Cc2c(c(N3CCCCC3)nc3sc4c(NCc5cccnc5)ncnc4c23)CO1. The Morgan fingerprint density at radius 1 is 1.15 bits per heavy atom. The summed E-state index contributed by atoms with van der Waals surface area (Å²) in [6.45, 7) is 7.75. The van der Waals surface area contributed by atoms with Crippen LogP contribution in [0.4, 0.5) is 11.6 Å². The lowest BCUT2D eigenvalue weighted by Gasteiger charge is -2.36. The molecule has 0 amide bonds. The number of piperidine rings is 1. The van der Waals surface area contributed by atoms with E-state index in [9.17, 15) is 0 Å². The van der Waals surface area contributed by atoms with E-state index in [-0.39, 0.29) is 5.60 Å². The second kappa shape index (κ2) is 8.18. The molecule has 33 heavy (non-hydrogen) atoms. The van der Waals surface area contributed by atoms with Crippen LogP contribution in [0.3, 0.4) is 0 Å². The highest BCUT2D eigenvalue weighted by molar-refractivity contribution is 7.26. The maximum atomic E-state index is 6.26. The van der Waals surface area contributed by atoms with Crippen molar-refractivity contribution in [1.82, 2.24) is 19.9 Å². The van der Waals surface area contributed by atoms with Gasteiger partial charge < -0.3 is 15.0 Å². The molecule has 6 heterocycles. The fourth-order valence-corrected chi connectivity index (χ4v) is 6.09. The van der Waals surface area contributed by atoms with Crippen molar-refractivity contribution < 1.29 is 4.74 Å². The number of nitrogens with zero attached hydrogens (tertiary/aromatic N) is 5. The highest BCUT2D eigenvalue weighted by Gasteiger charge is 2.33. The van der Waals surface area contributed by atoms with Crippen molar-refractivity contribution in [3.8, 4) is 0 Å². The largest absolute Gasteiger partial charge is 0.370 e. The van der Waals surface area contributed by atoms with E-state index in [2.05, 4.69) is 40.1 Å². The lowest BCUT2D eigenvalue weighted by Crippen LogP contribution is -2.36. The standard InChI is InChI=1S/C25H28N6OS/c1-25(2)11-17-18(14-32-25)23(31-9-4-3-5-10-31)30-24-19(17)20-21(33-24)22(29-15-28-20)27-13-16-7-6-8-26-12-16/h6-8,12,15H,3-5,9-11,13-14H2,1-2H3,(H,27,28,29). The molecule has 1 fully saturated rings. The molecule has 4 aromatic heterocycles. The van der Waals surface area contributed by atoms with Crippen LogP contribution in [0.15, 0.2) is 30.9 Å². The molecule has 0 spiro atoms. The Morgan fingerprint density at radius 2 is 2.03 bits per heavy atom. The van der Waals surface area contributed by atoms with Gasteiger partial charge in [-0.1, -0.05) is 6.07 Å². The van der Waals surface area contributed by atoms with Crippen molar-refractivity contribution in [2.45, 2.75) is 58.3 Å². The molecule has 0 unspecified atom stereocenters. The van der Waals surface area contributed by atoms with Crippen molar-refractivity contribution in [3.05, 3.63) is 47.5 Å². The minimum absolute atomic E-state index is 0.205. The maximum absolute atomic E-state index is 6.26. The predicted octanol–water partition coefficient (Wildman–Crippen LogP) is 5.09. The molecule has 1 N–H and O–H groups in total. The van der Waals surface area contributed by atoms with Crippen LogP contribution in [-0.4, -0.2) is 38.6 Å². The van der Waals surface area contributed by atoms with Crippen LogP contribution in [0.2, 0.25) is 0 Å². The molecule has 6 rings (SSSR count). The van der Waals surface area contributed by atoms with Crippen molar-refractivity contribution in [2.24, 2.45) is 0 Å². The zero-order chi connectivity index (χ0) is 22.4. The van der Waals surface area contributed by atoms with E-state index >= 15 is 0 Å². The normalized spacial score (nSPS) is 17.9. The number of anilines is 2. The Morgan fingerprint density at radius 3 is 2.85 bits per heavy atom. The molecule has 170 valence electrons. The average Bonchev–Trinajstić information content (AvgIpc) is 3.22. The number of rotatable bonds is 4. The van der Waals surface area contributed by atoms with Gasteiger partial charge in [-0.15, -0.1) is 11.3 Å². The van der Waals surface area contributed by atoms with Crippen LogP contribution in [0.5, 0.6) is 0 Å². The molecule has 0 aliphatic carbocycles. The first-order chi connectivity index (χ1) is 16.1. The lowest BCUT2D eigenvalue weighted by molar-refractivity contribution is -0.0395. The molecular weight excluding hydrogens is 432 g/mol. The molecule has 2 aliphatic rings. The molecule has 0 aromatic carbocycles. The molecule has 2 aliphatic heterocycles. The van der Waals surface area contributed by atoms with Gasteiger partial charge in [-0.3, -0.25) is 4.98 Å². The van der Waals surface area contributed by atoms with Gasteiger partial charge in [0.15, 0.2) is 0 Å². The summed E-state index contributed by atoms with van der Waals surface area (Å²) in [7, 11) is 0. The van der Waals surface area contributed by atoms with Crippen LogP contribution in [-0.2, 0) is 24.3 Å². The highest BCUT2D eigenvalue weighted by Crippen LogP contribution is 2.44. The van der Waals surface area contributed by atoms with Crippen LogP contribution >= 0.6 is 11.3 Å². The minimum atomic E-state index is -0.205. The van der Waals surface area contributed by atoms with E-state index in [0.29, 0.717) is 13.2 Å². The van der Waals surface area contributed by atoms with Gasteiger partial charge in [-0.25, -0.2) is 15.0 Å². The topological polar surface area (TPSA) is 76.1 Å². The predicted molar refractivity (Wildman–Crippen MR) is 133 cm³/mol. The van der Waals surface area contributed by atoms with E-state index in [0.717, 1.165) is 51.8 Å². The molecule has 1 saturated heterocycles. The van der Waals surface area contributed by atoms with Gasteiger partial charge in [0.05, 0.1) is 22.4 Å². The van der Waals surface area contributed by atoms with Gasteiger partial charge >= 0.3 is 0 Å². The van der Waals surface area contributed by atoms with E-state index in [1.54, 1.807) is 23.9 Å². The highest BCUT2D eigenvalue weighted by atomic mass is 32.1. The van der Waals surface area contributed by atoms with Gasteiger partial charge in [0.25, 0.3) is 0 Å². The van der Waals surface area contributed by atoms with Crippen molar-refractivity contribution in [2.75, 3.05) is 23.3 Å². The number of fused-ring (bicyclic) bond motifs is 5. The summed E-state index contributed by atoms with van der Waals surface area (Å²) >= 11 is 1.69. The molecule has 0 radical (unpaired) electrons. The third-order valence-corrected chi connectivity index (χ3v) is 7.72. The number of pyridine rings is 2. The van der Waals surface area contributed by atoms with Gasteiger partial charge in [0, 0.05) is 49.4 Å². The second-order valence-corrected chi connectivity index (χ2v) is 10.6. The average molecular weight is 461 g/mol. The van der Waals surface area contributed by atoms with Gasteiger partial charge in [0.2, 0.25) is 0 Å². The molecule has 7 nitrogen and oxygen atoms in total. The van der Waals surface area contributed by atoms with Crippen molar-refractivity contribution in [1.29, 1.82) is 0 Å². The monoisotopic (exact) mass is 460 g/mol. The third-order valence-electron chi connectivity index (χ3n) is 6.64. The van der Waals surface area contributed by atoms with E-state index in [1.165, 1.54) is 35.8 Å². The van der Waals surface area contributed by atoms with Crippen LogP contribution in [0.1, 0.15) is 49.8 Å². The Balaban J connectivity index is 1.50. The summed E-state index contributed by atoms with van der Waals surface area (Å²) < 4.78 is 7.32. The van der Waals surface area contributed by atoms with Crippen molar-refractivity contribution >= 4 is 43.4 Å². The summed E-state index contributed by atoms with van der Waals surface area (Å²) in [4.78, 5) is 22.2. The Bertz CT molecular complexity index is 1310. The first-order valence-electron chi connectivity index (χ1n) is 11.7. The van der Waals surface area contributed by atoms with Crippen molar-refractivity contribution in [3.63, 3.8) is 0 Å². The van der Waals surface area contributed by atoms with Crippen LogP contribution < -0.4 is 10.2 Å². The number of hydrogen-bond acceptors (Lipinski definition) is 8. The first-order valence-corrected chi connectivity index (χ1v) is 12.5. The maximum Gasteiger partial charge on any atom is 0.147 e. The molecule has 8 heteroatoms. The molecule has 0 atom stereocenters. The molecule has 0 bridgehead atoms. The summed E-state index contributed by atoms with van der Waals surface area (Å²) in [5.41, 5.74) is 4.49. The minimum Gasteiger partial charge on any atom is -0.370 e.